The van der Waals surface area contributed by atoms with E-state index in [1.807, 2.05) is 0 Å². The molecule has 0 aromatic heterocycles. The van der Waals surface area contributed by atoms with Crippen LogP contribution < -0.4 is 0 Å². The summed E-state index contributed by atoms with van der Waals surface area (Å²) >= 11 is 0. The van der Waals surface area contributed by atoms with Crippen molar-refractivity contribution in [3.05, 3.63) is 18.3 Å². The quantitative estimate of drug-likeness (QED) is 0.549. The third kappa shape index (κ3) is 3.04. The molecule has 69 valence electrons. The summed E-state index contributed by atoms with van der Waals surface area (Å²) in [6.45, 7) is 0. The van der Waals surface area contributed by atoms with E-state index in [4.69, 9.17) is 14.6 Å². The van der Waals surface area contributed by atoms with Crippen LogP contribution in [0.15, 0.2) is 11.8 Å². The Bertz CT molecular complexity index is 180. The van der Waals surface area contributed by atoms with Crippen LogP contribution in [0.3, 0.4) is 0 Å². The van der Waals surface area contributed by atoms with E-state index in [1.54, 1.807) is 0 Å². The van der Waals surface area contributed by atoms with Gasteiger partial charge in [-0.15, -0.1) is 0 Å². The van der Waals surface area contributed by atoms with Crippen molar-refractivity contribution in [3.63, 3.8) is 0 Å². The Labute approximate surface area is 84.2 Å². The second-order valence-electron chi connectivity index (χ2n) is 2.09. The molecule has 0 saturated heterocycles. The molecule has 0 saturated carbocycles. The molecule has 4 nitrogen and oxygen atoms in total. The molecule has 1 aliphatic rings. The maximum atomic E-state index is 10.2. The zero-order valence-corrected chi connectivity index (χ0v) is 9.15. The van der Waals surface area contributed by atoms with Crippen LogP contribution in [0.5, 0.6) is 0 Å². The van der Waals surface area contributed by atoms with Crippen LogP contribution in [0.25, 0.3) is 0 Å². The van der Waals surface area contributed by atoms with Crippen molar-refractivity contribution in [1.82, 2.24) is 0 Å². The van der Waals surface area contributed by atoms with Crippen molar-refractivity contribution >= 4 is 6.29 Å². The minimum absolute atomic E-state index is 0. The van der Waals surface area contributed by atoms with Gasteiger partial charge in [0.05, 0.1) is 6.29 Å². The van der Waals surface area contributed by atoms with E-state index in [9.17, 15) is 4.79 Å². The molecule has 0 aromatic carbocycles. The largest absolute Gasteiger partial charge is 0.493 e. The van der Waals surface area contributed by atoms with Gasteiger partial charge in [0.2, 0.25) is 0 Å². The normalized spacial score (nSPS) is 28.0. The predicted octanol–water partition coefficient (Wildman–Crippen LogP) is -0.365. The van der Waals surface area contributed by atoms with Gasteiger partial charge in [0, 0.05) is 27.5 Å². The molecular formula is C7H9O4Re-. The third-order valence-electron chi connectivity index (χ3n) is 1.29. The minimum Gasteiger partial charge on any atom is -0.493 e. The number of aliphatic hydroxyl groups is 1. The van der Waals surface area contributed by atoms with Crippen molar-refractivity contribution in [2.24, 2.45) is 0 Å². The molecule has 0 fully saturated rings. The molecule has 1 radical (unpaired) electrons. The van der Waals surface area contributed by atoms with Crippen LogP contribution in [0.4, 0.5) is 0 Å². The first-order chi connectivity index (χ1) is 5.26. The molecule has 0 aliphatic carbocycles. The van der Waals surface area contributed by atoms with Crippen LogP contribution in [0.1, 0.15) is 0 Å². The average molecular weight is 343 g/mol. The smallest absolute Gasteiger partial charge is 0.184 e. The summed E-state index contributed by atoms with van der Waals surface area (Å²) in [6, 6.07) is 0. The Morgan fingerprint density at radius 1 is 1.83 bits per heavy atom. The standard InChI is InChI=1S/C7H9O4.Re/c1-10-7-3-5(9)2-6(4-8)11-7;/h2-5,7,9H,1H3;/q-1;. The molecule has 0 aromatic rings. The van der Waals surface area contributed by atoms with Crippen molar-refractivity contribution in [2.45, 2.75) is 12.4 Å². The molecule has 1 rings (SSSR count). The van der Waals surface area contributed by atoms with E-state index in [2.05, 4.69) is 0 Å². The van der Waals surface area contributed by atoms with Crippen LogP contribution in [-0.4, -0.2) is 30.9 Å². The number of hydrogen-bond acceptors (Lipinski definition) is 4. The zero-order valence-electron chi connectivity index (χ0n) is 6.44. The summed E-state index contributed by atoms with van der Waals surface area (Å²) in [6.07, 6.45) is 1.88. The van der Waals surface area contributed by atoms with Gasteiger partial charge in [-0.1, -0.05) is 0 Å². The second kappa shape index (κ2) is 5.44. The Morgan fingerprint density at radius 2 is 2.50 bits per heavy atom. The van der Waals surface area contributed by atoms with E-state index in [0.717, 1.165) is 0 Å². The third-order valence-corrected chi connectivity index (χ3v) is 1.29. The van der Waals surface area contributed by atoms with E-state index in [0.29, 0.717) is 6.29 Å². The summed E-state index contributed by atoms with van der Waals surface area (Å²) in [5.41, 5.74) is 0. The monoisotopic (exact) mass is 344 g/mol. The van der Waals surface area contributed by atoms with Crippen molar-refractivity contribution < 1.29 is 39.8 Å². The predicted molar refractivity (Wildman–Crippen MR) is 36.3 cm³/mol. The molecule has 2 atom stereocenters. The molecule has 12 heavy (non-hydrogen) atoms. The van der Waals surface area contributed by atoms with Crippen molar-refractivity contribution in [1.29, 1.82) is 0 Å². The number of aldehydes is 1. The van der Waals surface area contributed by atoms with Gasteiger partial charge in [-0.2, -0.15) is 0 Å². The van der Waals surface area contributed by atoms with Gasteiger partial charge >= 0.3 is 0 Å². The van der Waals surface area contributed by atoms with Gasteiger partial charge in [-0.3, -0.25) is 4.79 Å². The van der Waals surface area contributed by atoms with Crippen LogP contribution >= 0.6 is 0 Å². The van der Waals surface area contributed by atoms with E-state index in [-0.39, 0.29) is 26.2 Å². The Kier molecular flexibility index (Phi) is 5.35. The Hall–Kier alpha value is -0.208. The zero-order chi connectivity index (χ0) is 8.27. The summed E-state index contributed by atoms with van der Waals surface area (Å²) in [5, 5.41) is 9.06. The maximum Gasteiger partial charge on any atom is 0.184 e. The molecule has 0 spiro atoms. The molecule has 0 amide bonds. The van der Waals surface area contributed by atoms with Crippen LogP contribution in [0, 0.1) is 6.42 Å². The number of allylic oxidation sites excluding steroid dienone is 1. The number of rotatable bonds is 2. The molecular weight excluding hydrogens is 334 g/mol. The fraction of sp³-hybridized carbons (Fsp3) is 0.429. The van der Waals surface area contributed by atoms with E-state index in [1.165, 1.54) is 19.6 Å². The molecule has 0 bridgehead atoms. The molecule has 2 unspecified atom stereocenters. The van der Waals surface area contributed by atoms with Gasteiger partial charge in [0.25, 0.3) is 0 Å². The topological polar surface area (TPSA) is 55.8 Å². The van der Waals surface area contributed by atoms with Gasteiger partial charge in [-0.05, 0) is 12.2 Å². The number of carbonyl (C=O) groups is 1. The van der Waals surface area contributed by atoms with E-state index >= 15 is 0 Å². The molecule has 1 N–H and O–H groups in total. The van der Waals surface area contributed by atoms with Gasteiger partial charge in [0.15, 0.2) is 12.0 Å². The minimum atomic E-state index is -0.770. The van der Waals surface area contributed by atoms with Gasteiger partial charge < -0.3 is 14.6 Å². The fourth-order valence-corrected chi connectivity index (χ4v) is 0.791. The van der Waals surface area contributed by atoms with Crippen molar-refractivity contribution in [2.75, 3.05) is 7.11 Å². The number of methoxy groups -OCH3 is 1. The number of carbonyl (C=O) groups excluding carboxylic acids is 1. The maximum absolute atomic E-state index is 10.2. The average Bonchev–Trinajstić information content (AvgIpc) is 2.03. The number of hydrogen-bond donors (Lipinski definition) is 1. The molecule has 1 heterocycles. The number of aliphatic hydroxyl groups excluding tert-OH is 1. The molecule has 1 aliphatic heterocycles. The first-order valence-electron chi connectivity index (χ1n) is 3.16. The first-order valence-corrected chi connectivity index (χ1v) is 3.16. The summed E-state index contributed by atoms with van der Waals surface area (Å²) in [5.74, 6) is 0.104. The Balaban J connectivity index is 0.00000121. The van der Waals surface area contributed by atoms with E-state index < -0.39 is 12.4 Å². The second-order valence-corrected chi connectivity index (χ2v) is 2.09. The molecule has 5 heteroatoms. The van der Waals surface area contributed by atoms with Crippen LogP contribution in [-0.2, 0) is 34.7 Å². The SMILES string of the molecule is COC1[CH-]C(O)C=C(C=O)O1.[Re]. The van der Waals surface area contributed by atoms with Gasteiger partial charge in [-0.25, -0.2) is 6.42 Å². The summed E-state index contributed by atoms with van der Waals surface area (Å²) in [7, 11) is 1.43. The fourth-order valence-electron chi connectivity index (χ4n) is 0.791. The summed E-state index contributed by atoms with van der Waals surface area (Å²) < 4.78 is 9.67. The first kappa shape index (κ1) is 11.8. The van der Waals surface area contributed by atoms with Gasteiger partial charge in [0.1, 0.15) is 0 Å². The Morgan fingerprint density at radius 3 is 3.00 bits per heavy atom. The summed E-state index contributed by atoms with van der Waals surface area (Å²) in [4.78, 5) is 10.2. The number of ether oxygens (including phenoxy) is 2. The van der Waals surface area contributed by atoms with Crippen LogP contribution in [0.2, 0.25) is 0 Å². The van der Waals surface area contributed by atoms with Crippen molar-refractivity contribution in [3.8, 4) is 0 Å².